The first kappa shape index (κ1) is 27.6. The molecule has 8 nitrogen and oxygen atoms in total. The van der Waals surface area contributed by atoms with Crippen LogP contribution in [0.4, 0.5) is 36.8 Å². The second-order valence-corrected chi connectivity index (χ2v) is 7.93. The van der Waals surface area contributed by atoms with E-state index in [0.29, 0.717) is 23.5 Å². The molecule has 1 N–H and O–H groups in total. The van der Waals surface area contributed by atoms with Gasteiger partial charge in [-0.3, -0.25) is 4.79 Å². The molecule has 0 spiro atoms. The molecule has 1 aliphatic heterocycles. The van der Waals surface area contributed by atoms with Crippen molar-refractivity contribution in [2.45, 2.75) is 31.5 Å². The lowest BCUT2D eigenvalue weighted by atomic mass is 9.97. The number of methoxy groups -OCH3 is 1. The molecule has 1 heterocycles. The van der Waals surface area contributed by atoms with E-state index in [1.54, 1.807) is 30.3 Å². The molecule has 2 aromatic carbocycles. The Morgan fingerprint density at radius 1 is 1.08 bits per heavy atom. The Kier molecular flexibility index (Phi) is 7.60. The van der Waals surface area contributed by atoms with Crippen LogP contribution in [-0.4, -0.2) is 49.9 Å². The number of halogens is 6. The van der Waals surface area contributed by atoms with Crippen molar-refractivity contribution in [3.05, 3.63) is 59.2 Å². The number of alkyl carbamates (subject to hydrolysis) is 1. The molecular weight excluding hydrogens is 514 g/mol. The van der Waals surface area contributed by atoms with Crippen LogP contribution in [0.15, 0.2) is 42.5 Å². The van der Waals surface area contributed by atoms with Crippen molar-refractivity contribution in [1.82, 2.24) is 5.32 Å². The number of nitrogens with one attached hydrogen (secondary N) is 1. The third-order valence-electron chi connectivity index (χ3n) is 5.43. The molecule has 2 aromatic rings. The number of rotatable bonds is 6. The van der Waals surface area contributed by atoms with E-state index < -0.39 is 71.6 Å². The fraction of sp³-hybridized carbons (Fsp3) is 0.348. The third kappa shape index (κ3) is 5.73. The van der Waals surface area contributed by atoms with E-state index in [1.807, 2.05) is 0 Å². The highest BCUT2D eigenvalue weighted by atomic mass is 19.4. The lowest BCUT2D eigenvalue weighted by Gasteiger charge is -2.41. The summed E-state index contributed by atoms with van der Waals surface area (Å²) in [6, 6.07) is 9.30. The summed E-state index contributed by atoms with van der Waals surface area (Å²) in [5.41, 5.74) is -6.07. The van der Waals surface area contributed by atoms with E-state index in [-0.39, 0.29) is 12.7 Å². The molecule has 0 aliphatic carbocycles. The second-order valence-electron chi connectivity index (χ2n) is 7.93. The monoisotopic (exact) mass is 534 g/mol. The molecule has 14 heteroatoms. The highest BCUT2D eigenvalue weighted by Crippen LogP contribution is 2.47. The number of nitrogens with zero attached hydrogens (tertiary/aromatic N) is 1. The van der Waals surface area contributed by atoms with Crippen molar-refractivity contribution in [1.29, 1.82) is 0 Å². The Balaban J connectivity index is 1.91. The maximum Gasteiger partial charge on any atom is 0.437 e. The normalized spacial score (nSPS) is 17.5. The van der Waals surface area contributed by atoms with E-state index in [4.69, 9.17) is 9.47 Å². The molecule has 37 heavy (non-hydrogen) atoms. The van der Waals surface area contributed by atoms with E-state index in [1.165, 1.54) is 0 Å². The molecule has 0 aromatic heterocycles. The molecule has 0 saturated heterocycles. The summed E-state index contributed by atoms with van der Waals surface area (Å²) in [4.78, 5) is 37.4. The van der Waals surface area contributed by atoms with E-state index in [2.05, 4.69) is 10.1 Å². The maximum absolute atomic E-state index is 13.8. The quantitative estimate of drug-likeness (QED) is 0.435. The summed E-state index contributed by atoms with van der Waals surface area (Å²) in [5.74, 6) is -4.04. The van der Waals surface area contributed by atoms with Gasteiger partial charge in [-0.25, -0.2) is 9.59 Å². The molecule has 3 rings (SSSR count). The van der Waals surface area contributed by atoms with Gasteiger partial charge >= 0.3 is 24.4 Å². The summed E-state index contributed by atoms with van der Waals surface area (Å²) in [5, 5.41) is 2.25. The van der Waals surface area contributed by atoms with E-state index in [9.17, 15) is 40.7 Å². The minimum atomic E-state index is -5.32. The van der Waals surface area contributed by atoms with E-state index >= 15 is 0 Å². The molecule has 0 saturated carbocycles. The summed E-state index contributed by atoms with van der Waals surface area (Å²) in [7, 11) is 0.813. The molecule has 1 atom stereocenters. The molecule has 0 radical (unpaired) electrons. The van der Waals surface area contributed by atoms with Crippen LogP contribution in [-0.2, 0) is 27.1 Å². The van der Waals surface area contributed by atoms with Gasteiger partial charge in [-0.1, -0.05) is 30.3 Å². The summed E-state index contributed by atoms with van der Waals surface area (Å²) >= 11 is 0. The van der Waals surface area contributed by atoms with Crippen molar-refractivity contribution in [2.75, 3.05) is 25.1 Å². The van der Waals surface area contributed by atoms with Crippen LogP contribution in [0, 0.1) is 0 Å². The van der Waals surface area contributed by atoms with Crippen molar-refractivity contribution in [3.8, 4) is 5.75 Å². The van der Waals surface area contributed by atoms with Crippen LogP contribution < -0.4 is 15.0 Å². The SMILES string of the molecule is COC(=O)c1cc2c(cc1C(F)(F)F)O[C@@](C)(C(F)(F)F)C(=O)N2CCNC(=O)OCc1ccccc1. The molecule has 2 amide bonds. The number of amides is 2. The minimum absolute atomic E-state index is 0.110. The molecule has 1 aliphatic rings. The molecule has 0 bridgehead atoms. The topological polar surface area (TPSA) is 94.2 Å². The standard InChI is InChI=1S/C23H20F6N2O6/c1-21(23(27,28)29)19(33)31(9-8-30-20(34)36-12-13-6-4-3-5-7-13)16-10-14(18(32)35-2)15(22(24,25)26)11-17(16)37-21/h3-7,10-11H,8-9,12H2,1-2H3,(H,30,34)/t21-/m1/s1. The van der Waals surface area contributed by atoms with Crippen molar-refractivity contribution in [2.24, 2.45) is 0 Å². The van der Waals surface area contributed by atoms with Gasteiger partial charge in [-0.2, -0.15) is 26.3 Å². The van der Waals surface area contributed by atoms with Gasteiger partial charge in [-0.15, -0.1) is 0 Å². The number of hydrogen-bond acceptors (Lipinski definition) is 6. The largest absolute Gasteiger partial charge is 0.466 e. The number of hydrogen-bond donors (Lipinski definition) is 1. The van der Waals surface area contributed by atoms with Gasteiger partial charge in [0.25, 0.3) is 11.5 Å². The van der Waals surface area contributed by atoms with Gasteiger partial charge in [0.2, 0.25) is 0 Å². The van der Waals surface area contributed by atoms with Gasteiger partial charge in [0.1, 0.15) is 12.4 Å². The van der Waals surface area contributed by atoms with Gasteiger partial charge in [0, 0.05) is 13.1 Å². The smallest absolute Gasteiger partial charge is 0.437 e. The summed E-state index contributed by atoms with van der Waals surface area (Å²) in [6.45, 7) is -0.802. The van der Waals surface area contributed by atoms with Crippen molar-refractivity contribution < 1.29 is 54.9 Å². The Hall–Kier alpha value is -3.97. The first-order chi connectivity index (χ1) is 17.2. The second kappa shape index (κ2) is 10.2. The number of anilines is 1. The Morgan fingerprint density at radius 3 is 2.30 bits per heavy atom. The average molecular weight is 534 g/mol. The van der Waals surface area contributed by atoms with Crippen molar-refractivity contribution in [3.63, 3.8) is 0 Å². The van der Waals surface area contributed by atoms with Gasteiger partial charge < -0.3 is 24.4 Å². The fourth-order valence-electron chi connectivity index (χ4n) is 3.45. The van der Waals surface area contributed by atoms with Gasteiger partial charge in [-0.05, 0) is 24.6 Å². The number of esters is 1. The third-order valence-corrected chi connectivity index (χ3v) is 5.43. The molecule has 0 fully saturated rings. The lowest BCUT2D eigenvalue weighted by molar-refractivity contribution is -0.236. The van der Waals surface area contributed by atoms with Crippen LogP contribution in [0.2, 0.25) is 0 Å². The number of fused-ring (bicyclic) bond motifs is 1. The Morgan fingerprint density at radius 2 is 1.73 bits per heavy atom. The average Bonchev–Trinajstić information content (AvgIpc) is 2.83. The number of carbonyl (C=O) groups is 3. The van der Waals surface area contributed by atoms with Crippen LogP contribution >= 0.6 is 0 Å². The van der Waals surface area contributed by atoms with Crippen molar-refractivity contribution >= 4 is 23.7 Å². The lowest BCUT2D eigenvalue weighted by Crippen LogP contribution is -2.63. The number of benzene rings is 2. The predicted molar refractivity (Wildman–Crippen MR) is 115 cm³/mol. The molecular formula is C23H20F6N2O6. The summed E-state index contributed by atoms with van der Waals surface area (Å²) < 4.78 is 96.2. The zero-order chi connectivity index (χ0) is 27.6. The highest BCUT2D eigenvalue weighted by molar-refractivity contribution is 6.05. The number of alkyl halides is 6. The first-order valence-corrected chi connectivity index (χ1v) is 10.5. The fourth-order valence-corrected chi connectivity index (χ4v) is 3.45. The van der Waals surface area contributed by atoms with Crippen LogP contribution in [0.1, 0.15) is 28.4 Å². The number of ether oxygens (including phenoxy) is 3. The van der Waals surface area contributed by atoms with Crippen LogP contribution in [0.25, 0.3) is 0 Å². The summed E-state index contributed by atoms with van der Waals surface area (Å²) in [6.07, 6.45) is -11.4. The maximum atomic E-state index is 13.8. The first-order valence-electron chi connectivity index (χ1n) is 10.5. The Labute approximate surface area is 206 Å². The minimum Gasteiger partial charge on any atom is -0.466 e. The Bertz CT molecular complexity index is 1180. The molecule has 200 valence electrons. The molecule has 0 unspecified atom stereocenters. The zero-order valence-corrected chi connectivity index (χ0v) is 19.3. The highest BCUT2D eigenvalue weighted by Gasteiger charge is 2.63. The number of carbonyl (C=O) groups excluding carboxylic acids is 3. The van der Waals surface area contributed by atoms with E-state index in [0.717, 1.165) is 7.11 Å². The van der Waals surface area contributed by atoms with Crippen LogP contribution in [0.5, 0.6) is 5.75 Å². The van der Waals surface area contributed by atoms with Gasteiger partial charge in [0.05, 0.1) is 23.9 Å². The zero-order valence-electron chi connectivity index (χ0n) is 19.3. The van der Waals surface area contributed by atoms with Crippen LogP contribution in [0.3, 0.4) is 0 Å². The predicted octanol–water partition coefficient (Wildman–Crippen LogP) is 4.46. The van der Waals surface area contributed by atoms with Gasteiger partial charge in [0.15, 0.2) is 0 Å².